The summed E-state index contributed by atoms with van der Waals surface area (Å²) in [5.41, 5.74) is 9.58. The van der Waals surface area contributed by atoms with Crippen LogP contribution in [-0.2, 0) is 11.2 Å². The zero-order valence-electron chi connectivity index (χ0n) is 10.3. The van der Waals surface area contributed by atoms with E-state index in [1.165, 1.54) is 0 Å². The fourth-order valence-electron chi connectivity index (χ4n) is 2.35. The third kappa shape index (κ3) is 1.93. The third-order valence-electron chi connectivity index (χ3n) is 3.01. The fourth-order valence-corrected chi connectivity index (χ4v) is 2.54. The van der Waals surface area contributed by atoms with E-state index in [-0.39, 0.29) is 11.9 Å². The first-order valence-corrected chi connectivity index (χ1v) is 6.08. The summed E-state index contributed by atoms with van der Waals surface area (Å²) >= 11 is 5.05. The van der Waals surface area contributed by atoms with Gasteiger partial charge in [0.1, 0.15) is 4.99 Å². The molecule has 2 rings (SSSR count). The van der Waals surface area contributed by atoms with Crippen LogP contribution in [0.5, 0.6) is 0 Å². The molecule has 0 radical (unpaired) electrons. The van der Waals surface area contributed by atoms with Crippen LogP contribution >= 0.6 is 12.2 Å². The van der Waals surface area contributed by atoms with Crippen LogP contribution in [0.2, 0.25) is 0 Å². The molecule has 2 N–H and O–H groups in total. The van der Waals surface area contributed by atoms with Crippen molar-refractivity contribution >= 4 is 28.8 Å². The number of nitrogens with two attached hydrogens (primary N) is 1. The summed E-state index contributed by atoms with van der Waals surface area (Å²) in [5, 5.41) is 0. The normalized spacial score (nSPS) is 14.4. The van der Waals surface area contributed by atoms with Crippen LogP contribution in [0.3, 0.4) is 0 Å². The molecule has 1 aliphatic heterocycles. The maximum atomic E-state index is 12.0. The van der Waals surface area contributed by atoms with E-state index in [9.17, 15) is 4.79 Å². The van der Waals surface area contributed by atoms with E-state index < -0.39 is 0 Å². The molecule has 3 nitrogen and oxygen atoms in total. The van der Waals surface area contributed by atoms with Crippen molar-refractivity contribution in [2.75, 3.05) is 4.90 Å². The molecule has 90 valence electrons. The molecular weight excluding hydrogens is 232 g/mol. The number of benzene rings is 1. The van der Waals surface area contributed by atoms with Crippen molar-refractivity contribution in [3.8, 4) is 0 Å². The Morgan fingerprint density at radius 2 is 2.12 bits per heavy atom. The van der Waals surface area contributed by atoms with E-state index in [1.807, 2.05) is 37.8 Å². The standard InChI is InChI=1S/C13H16N2OS/c1-7(2)15-11-5-8(3)4-10(13(14)17)9(11)6-12(15)16/h4-5,7H,6H2,1-3H3,(H2,14,17). The summed E-state index contributed by atoms with van der Waals surface area (Å²) in [7, 11) is 0. The minimum Gasteiger partial charge on any atom is -0.389 e. The molecule has 0 saturated heterocycles. The molecule has 0 atom stereocenters. The predicted octanol–water partition coefficient (Wildman–Crippen LogP) is 1.93. The fraction of sp³-hybridized carbons (Fsp3) is 0.385. The van der Waals surface area contributed by atoms with Crippen LogP contribution in [0.25, 0.3) is 0 Å². The lowest BCUT2D eigenvalue weighted by Crippen LogP contribution is -2.33. The Balaban J connectivity index is 2.64. The van der Waals surface area contributed by atoms with E-state index >= 15 is 0 Å². The molecule has 0 aromatic heterocycles. The van der Waals surface area contributed by atoms with Crippen molar-refractivity contribution in [2.45, 2.75) is 33.2 Å². The number of rotatable bonds is 2. The largest absolute Gasteiger partial charge is 0.389 e. The van der Waals surface area contributed by atoms with Crippen molar-refractivity contribution in [3.63, 3.8) is 0 Å². The number of aryl methyl sites for hydroxylation is 1. The molecule has 1 aromatic rings. The third-order valence-corrected chi connectivity index (χ3v) is 3.23. The van der Waals surface area contributed by atoms with Gasteiger partial charge in [-0.25, -0.2) is 0 Å². The van der Waals surface area contributed by atoms with Gasteiger partial charge >= 0.3 is 0 Å². The molecular formula is C13H16N2OS. The van der Waals surface area contributed by atoms with E-state index in [0.29, 0.717) is 11.4 Å². The lowest BCUT2D eigenvalue weighted by Gasteiger charge is -2.22. The van der Waals surface area contributed by atoms with Gasteiger partial charge in [0.25, 0.3) is 0 Å². The summed E-state index contributed by atoms with van der Waals surface area (Å²) in [6.07, 6.45) is 0.403. The van der Waals surface area contributed by atoms with Crippen molar-refractivity contribution in [1.29, 1.82) is 0 Å². The van der Waals surface area contributed by atoms with Gasteiger partial charge in [0, 0.05) is 17.3 Å². The second-order valence-corrected chi connectivity index (χ2v) is 5.15. The highest BCUT2D eigenvalue weighted by Crippen LogP contribution is 2.34. The van der Waals surface area contributed by atoms with Gasteiger partial charge < -0.3 is 10.6 Å². The van der Waals surface area contributed by atoms with Crippen molar-refractivity contribution in [2.24, 2.45) is 5.73 Å². The van der Waals surface area contributed by atoms with E-state index in [1.54, 1.807) is 0 Å². The van der Waals surface area contributed by atoms with Crippen LogP contribution in [0.4, 0.5) is 5.69 Å². The number of thiocarbonyl (C=S) groups is 1. The number of hydrogen-bond acceptors (Lipinski definition) is 2. The number of amides is 1. The second-order valence-electron chi connectivity index (χ2n) is 4.71. The van der Waals surface area contributed by atoms with Gasteiger partial charge in [-0.15, -0.1) is 0 Å². The maximum Gasteiger partial charge on any atom is 0.231 e. The highest BCUT2D eigenvalue weighted by molar-refractivity contribution is 7.80. The van der Waals surface area contributed by atoms with Gasteiger partial charge in [-0.3, -0.25) is 4.79 Å². The quantitative estimate of drug-likeness (QED) is 0.813. The molecule has 1 aliphatic rings. The highest BCUT2D eigenvalue weighted by Gasteiger charge is 2.31. The van der Waals surface area contributed by atoms with E-state index in [4.69, 9.17) is 18.0 Å². The van der Waals surface area contributed by atoms with Crippen molar-refractivity contribution in [1.82, 2.24) is 0 Å². The number of fused-ring (bicyclic) bond motifs is 1. The van der Waals surface area contributed by atoms with Gasteiger partial charge in [-0.05, 0) is 44.0 Å². The number of anilines is 1. The minimum absolute atomic E-state index is 0.123. The molecule has 1 amide bonds. The van der Waals surface area contributed by atoms with Crippen molar-refractivity contribution in [3.05, 3.63) is 28.8 Å². The minimum atomic E-state index is 0.123. The molecule has 0 unspecified atom stereocenters. The SMILES string of the molecule is Cc1cc(C(N)=S)c2c(c1)N(C(C)C)C(=O)C2. The van der Waals surface area contributed by atoms with E-state index in [2.05, 4.69) is 0 Å². The first kappa shape index (κ1) is 12.0. The summed E-state index contributed by atoms with van der Waals surface area (Å²) in [5.74, 6) is 0.123. The Bertz CT molecular complexity index is 508. The highest BCUT2D eigenvalue weighted by atomic mass is 32.1. The lowest BCUT2D eigenvalue weighted by molar-refractivity contribution is -0.117. The number of carbonyl (C=O) groups excluding carboxylic acids is 1. The number of hydrogen-bond donors (Lipinski definition) is 1. The number of nitrogens with zero attached hydrogens (tertiary/aromatic N) is 1. The first-order valence-electron chi connectivity index (χ1n) is 5.67. The van der Waals surface area contributed by atoms with Crippen LogP contribution in [0.1, 0.15) is 30.5 Å². The number of carbonyl (C=O) groups is 1. The van der Waals surface area contributed by atoms with Gasteiger partial charge in [0.15, 0.2) is 0 Å². The van der Waals surface area contributed by atoms with Gasteiger partial charge in [0.2, 0.25) is 5.91 Å². The van der Waals surface area contributed by atoms with Crippen LogP contribution < -0.4 is 10.6 Å². The molecule has 0 spiro atoms. The average molecular weight is 248 g/mol. The Kier molecular flexibility index (Phi) is 2.91. The molecule has 17 heavy (non-hydrogen) atoms. The Hall–Kier alpha value is -1.42. The van der Waals surface area contributed by atoms with Crippen molar-refractivity contribution < 1.29 is 4.79 Å². The zero-order valence-corrected chi connectivity index (χ0v) is 11.1. The Morgan fingerprint density at radius 3 is 2.65 bits per heavy atom. The van der Waals surface area contributed by atoms with Crippen LogP contribution in [-0.4, -0.2) is 16.9 Å². The summed E-state index contributed by atoms with van der Waals surface area (Å²) in [4.78, 5) is 14.2. The van der Waals surface area contributed by atoms with E-state index in [0.717, 1.165) is 22.4 Å². The van der Waals surface area contributed by atoms with Crippen LogP contribution in [0.15, 0.2) is 12.1 Å². The van der Waals surface area contributed by atoms with Crippen LogP contribution in [0, 0.1) is 6.92 Å². The molecule has 4 heteroatoms. The molecule has 0 bridgehead atoms. The first-order chi connectivity index (χ1) is 7.91. The Morgan fingerprint density at radius 1 is 1.47 bits per heavy atom. The predicted molar refractivity (Wildman–Crippen MR) is 73.4 cm³/mol. The molecule has 1 heterocycles. The smallest absolute Gasteiger partial charge is 0.231 e. The summed E-state index contributed by atoms with van der Waals surface area (Å²) in [6, 6.07) is 4.14. The molecule has 0 saturated carbocycles. The summed E-state index contributed by atoms with van der Waals surface area (Å²) in [6.45, 7) is 6.01. The molecule has 0 aliphatic carbocycles. The van der Waals surface area contributed by atoms with Gasteiger partial charge in [0.05, 0.1) is 6.42 Å². The maximum absolute atomic E-state index is 12.0. The van der Waals surface area contributed by atoms with Gasteiger partial charge in [-0.2, -0.15) is 0 Å². The lowest BCUT2D eigenvalue weighted by atomic mass is 10.0. The Labute approximate surface area is 107 Å². The van der Waals surface area contributed by atoms with Gasteiger partial charge in [-0.1, -0.05) is 12.2 Å². The topological polar surface area (TPSA) is 46.3 Å². The monoisotopic (exact) mass is 248 g/mol. The molecule has 0 fully saturated rings. The zero-order chi connectivity index (χ0) is 12.7. The molecule has 1 aromatic carbocycles. The average Bonchev–Trinajstić information content (AvgIpc) is 2.52. The summed E-state index contributed by atoms with van der Waals surface area (Å²) < 4.78 is 0. The second kappa shape index (κ2) is 4.11.